The summed E-state index contributed by atoms with van der Waals surface area (Å²) in [5.74, 6) is 1.81. The SMILES string of the molecule is CCC1CCCN(CC2CCCC(C)(C)C2NC)C1. The van der Waals surface area contributed by atoms with Gasteiger partial charge in [0.05, 0.1) is 0 Å². The van der Waals surface area contributed by atoms with Crippen LogP contribution >= 0.6 is 0 Å². The fraction of sp³-hybridized carbons (Fsp3) is 1.00. The average molecular weight is 266 g/mol. The van der Waals surface area contributed by atoms with Crippen LogP contribution in [0, 0.1) is 17.3 Å². The third-order valence-corrected chi connectivity index (χ3v) is 5.69. The maximum absolute atomic E-state index is 3.63. The summed E-state index contributed by atoms with van der Waals surface area (Å²) in [5, 5.41) is 3.63. The molecule has 1 aliphatic carbocycles. The first kappa shape index (κ1) is 15.3. The molecular weight excluding hydrogens is 232 g/mol. The summed E-state index contributed by atoms with van der Waals surface area (Å²) in [6.07, 6.45) is 8.45. The van der Waals surface area contributed by atoms with Crippen molar-refractivity contribution >= 4 is 0 Å². The number of nitrogens with one attached hydrogen (secondary N) is 1. The molecule has 0 aromatic carbocycles. The molecule has 3 unspecified atom stereocenters. The van der Waals surface area contributed by atoms with E-state index in [0.29, 0.717) is 11.5 Å². The van der Waals surface area contributed by atoms with Gasteiger partial charge in [0.15, 0.2) is 0 Å². The molecule has 0 amide bonds. The van der Waals surface area contributed by atoms with Crippen LogP contribution in [0.5, 0.6) is 0 Å². The van der Waals surface area contributed by atoms with Gasteiger partial charge in [-0.15, -0.1) is 0 Å². The van der Waals surface area contributed by atoms with Gasteiger partial charge in [-0.3, -0.25) is 0 Å². The zero-order valence-electron chi connectivity index (χ0n) is 13.5. The molecule has 3 atom stereocenters. The minimum Gasteiger partial charge on any atom is -0.316 e. The first-order valence-electron chi connectivity index (χ1n) is 8.46. The smallest absolute Gasteiger partial charge is 0.0156 e. The fourth-order valence-corrected chi connectivity index (χ4v) is 4.59. The van der Waals surface area contributed by atoms with Crippen molar-refractivity contribution in [2.75, 3.05) is 26.7 Å². The van der Waals surface area contributed by atoms with Crippen LogP contribution in [0.1, 0.15) is 59.3 Å². The highest BCUT2D eigenvalue weighted by molar-refractivity contribution is 4.94. The lowest BCUT2D eigenvalue weighted by molar-refractivity contribution is 0.0670. The zero-order chi connectivity index (χ0) is 13.9. The Hall–Kier alpha value is -0.0800. The van der Waals surface area contributed by atoms with Crippen molar-refractivity contribution in [2.45, 2.75) is 65.3 Å². The monoisotopic (exact) mass is 266 g/mol. The van der Waals surface area contributed by atoms with Crippen LogP contribution in [0.2, 0.25) is 0 Å². The van der Waals surface area contributed by atoms with Crippen molar-refractivity contribution in [3.05, 3.63) is 0 Å². The van der Waals surface area contributed by atoms with Crippen LogP contribution < -0.4 is 5.32 Å². The van der Waals surface area contributed by atoms with Crippen LogP contribution in [-0.2, 0) is 0 Å². The molecule has 19 heavy (non-hydrogen) atoms. The minimum absolute atomic E-state index is 0.470. The van der Waals surface area contributed by atoms with Gasteiger partial charge in [-0.05, 0) is 56.5 Å². The Labute approximate surface area is 120 Å². The molecule has 2 rings (SSSR count). The van der Waals surface area contributed by atoms with Gasteiger partial charge in [0.2, 0.25) is 0 Å². The Morgan fingerprint density at radius 2 is 2.00 bits per heavy atom. The van der Waals surface area contributed by atoms with Gasteiger partial charge in [0, 0.05) is 19.1 Å². The standard InChI is InChI=1S/C17H34N2/c1-5-14-8-7-11-19(12-14)13-15-9-6-10-17(2,3)16(15)18-4/h14-16,18H,5-13H2,1-4H3. The van der Waals surface area contributed by atoms with E-state index in [1.807, 2.05) is 0 Å². The Morgan fingerprint density at radius 1 is 1.21 bits per heavy atom. The molecule has 0 radical (unpaired) electrons. The average Bonchev–Trinajstić information content (AvgIpc) is 2.38. The highest BCUT2D eigenvalue weighted by atomic mass is 15.1. The van der Waals surface area contributed by atoms with Crippen molar-refractivity contribution in [1.82, 2.24) is 10.2 Å². The van der Waals surface area contributed by atoms with Crippen molar-refractivity contribution in [3.8, 4) is 0 Å². The maximum atomic E-state index is 3.63. The van der Waals surface area contributed by atoms with Crippen LogP contribution in [0.3, 0.4) is 0 Å². The lowest BCUT2D eigenvalue weighted by Crippen LogP contribution is -2.52. The van der Waals surface area contributed by atoms with Gasteiger partial charge in [-0.1, -0.05) is 33.6 Å². The molecule has 0 bridgehead atoms. The number of hydrogen-bond acceptors (Lipinski definition) is 2. The maximum Gasteiger partial charge on any atom is 0.0156 e. The number of likely N-dealkylation sites (tertiary alicyclic amines) is 1. The molecule has 2 heteroatoms. The van der Waals surface area contributed by atoms with Gasteiger partial charge in [-0.2, -0.15) is 0 Å². The van der Waals surface area contributed by atoms with Gasteiger partial charge >= 0.3 is 0 Å². The highest BCUT2D eigenvalue weighted by Crippen LogP contribution is 2.39. The van der Waals surface area contributed by atoms with E-state index < -0.39 is 0 Å². The molecule has 112 valence electrons. The lowest BCUT2D eigenvalue weighted by Gasteiger charge is -2.46. The van der Waals surface area contributed by atoms with E-state index in [-0.39, 0.29) is 0 Å². The Morgan fingerprint density at radius 3 is 2.68 bits per heavy atom. The van der Waals surface area contributed by atoms with Crippen LogP contribution in [-0.4, -0.2) is 37.6 Å². The third-order valence-electron chi connectivity index (χ3n) is 5.69. The number of piperidine rings is 1. The van der Waals surface area contributed by atoms with Crippen molar-refractivity contribution in [2.24, 2.45) is 17.3 Å². The summed E-state index contributed by atoms with van der Waals surface area (Å²) in [7, 11) is 2.16. The van der Waals surface area contributed by atoms with E-state index in [1.54, 1.807) is 0 Å². The molecule has 0 spiro atoms. The third kappa shape index (κ3) is 3.72. The van der Waals surface area contributed by atoms with Crippen molar-refractivity contribution < 1.29 is 0 Å². The second-order valence-electron chi connectivity index (χ2n) is 7.58. The normalized spacial score (nSPS) is 36.3. The van der Waals surface area contributed by atoms with Gasteiger partial charge in [-0.25, -0.2) is 0 Å². The molecule has 1 N–H and O–H groups in total. The van der Waals surface area contributed by atoms with Crippen LogP contribution in [0.25, 0.3) is 0 Å². The summed E-state index contributed by atoms with van der Waals surface area (Å²) in [6.45, 7) is 11.3. The van der Waals surface area contributed by atoms with Crippen molar-refractivity contribution in [1.29, 1.82) is 0 Å². The van der Waals surface area contributed by atoms with E-state index in [4.69, 9.17) is 0 Å². The summed E-state index contributed by atoms with van der Waals surface area (Å²) in [4.78, 5) is 2.76. The topological polar surface area (TPSA) is 15.3 Å². The first-order valence-corrected chi connectivity index (χ1v) is 8.46. The Kier molecular flexibility index (Phi) is 5.30. The minimum atomic E-state index is 0.470. The fourth-order valence-electron chi connectivity index (χ4n) is 4.59. The van der Waals surface area contributed by atoms with E-state index in [0.717, 1.165) is 11.8 Å². The summed E-state index contributed by atoms with van der Waals surface area (Å²) < 4.78 is 0. The quantitative estimate of drug-likeness (QED) is 0.837. The van der Waals surface area contributed by atoms with Crippen molar-refractivity contribution in [3.63, 3.8) is 0 Å². The number of hydrogen-bond donors (Lipinski definition) is 1. The summed E-state index contributed by atoms with van der Waals surface area (Å²) >= 11 is 0. The van der Waals surface area contributed by atoms with E-state index in [9.17, 15) is 0 Å². The van der Waals surface area contributed by atoms with Crippen LogP contribution in [0.15, 0.2) is 0 Å². The predicted octanol–water partition coefficient (Wildman–Crippen LogP) is 3.52. The first-order chi connectivity index (χ1) is 9.06. The molecule has 1 heterocycles. The van der Waals surface area contributed by atoms with E-state index in [1.165, 1.54) is 58.2 Å². The van der Waals surface area contributed by atoms with Gasteiger partial charge in [0.1, 0.15) is 0 Å². The van der Waals surface area contributed by atoms with Crippen LogP contribution in [0.4, 0.5) is 0 Å². The molecule has 2 nitrogen and oxygen atoms in total. The molecule has 2 aliphatic rings. The lowest BCUT2D eigenvalue weighted by atomic mass is 9.67. The van der Waals surface area contributed by atoms with E-state index in [2.05, 4.69) is 38.0 Å². The molecule has 0 aromatic heterocycles. The largest absolute Gasteiger partial charge is 0.316 e. The summed E-state index contributed by atoms with van der Waals surface area (Å²) in [5.41, 5.74) is 0.470. The van der Waals surface area contributed by atoms with Gasteiger partial charge in [0.25, 0.3) is 0 Å². The molecule has 0 aromatic rings. The summed E-state index contributed by atoms with van der Waals surface area (Å²) in [6, 6.07) is 0.697. The second kappa shape index (κ2) is 6.58. The van der Waals surface area contributed by atoms with Gasteiger partial charge < -0.3 is 10.2 Å². The molecule has 1 saturated heterocycles. The number of nitrogens with zero attached hydrogens (tertiary/aromatic N) is 1. The molecule has 1 saturated carbocycles. The molecule has 2 fully saturated rings. The number of rotatable bonds is 4. The highest BCUT2D eigenvalue weighted by Gasteiger charge is 2.38. The zero-order valence-corrected chi connectivity index (χ0v) is 13.5. The predicted molar refractivity (Wildman–Crippen MR) is 83.4 cm³/mol. The Bertz CT molecular complexity index is 274. The molecular formula is C17H34N2. The second-order valence-corrected chi connectivity index (χ2v) is 7.58. The molecule has 1 aliphatic heterocycles. The van der Waals surface area contributed by atoms with E-state index >= 15 is 0 Å². The Balaban J connectivity index is 1.93.